The lowest BCUT2D eigenvalue weighted by Gasteiger charge is -2.19. The van der Waals surface area contributed by atoms with Crippen LogP contribution in [0, 0.1) is 11.6 Å². The van der Waals surface area contributed by atoms with Crippen molar-refractivity contribution < 1.29 is 18.7 Å². The standard InChI is InChI=1S/C23H25ClF2N4O3/c1-22(2)11-28(18(31)10-24)17-8-14(7-13-5-6-15(25)9-16(13)26)20-27-29(12-23(3,4)33)21(32)30(20)19(17)22/h5-6,8-9,33H,7,10-12H2,1-4H3. The van der Waals surface area contributed by atoms with Gasteiger partial charge in [0.25, 0.3) is 0 Å². The molecule has 3 heterocycles. The van der Waals surface area contributed by atoms with E-state index in [1.165, 1.54) is 20.0 Å². The highest BCUT2D eigenvalue weighted by Crippen LogP contribution is 2.41. The molecule has 0 bridgehead atoms. The Morgan fingerprint density at radius 1 is 1.24 bits per heavy atom. The average Bonchev–Trinajstić information content (AvgIpc) is 3.16. The second-order valence-electron chi connectivity index (χ2n) is 9.73. The molecule has 1 aliphatic rings. The number of aliphatic hydroxyl groups is 1. The van der Waals surface area contributed by atoms with Gasteiger partial charge in [0.05, 0.1) is 23.5 Å². The van der Waals surface area contributed by atoms with Crippen molar-refractivity contribution in [2.45, 2.75) is 51.7 Å². The fraction of sp³-hybridized carbons (Fsp3) is 0.435. The SMILES string of the molecule is CC(C)(O)Cn1nc2c(Cc3ccc(F)cc3F)cc3c(n2c1=O)C(C)(C)CN3C(=O)CCl. The van der Waals surface area contributed by atoms with Crippen molar-refractivity contribution in [3.8, 4) is 0 Å². The van der Waals surface area contributed by atoms with E-state index in [1.807, 2.05) is 13.8 Å². The van der Waals surface area contributed by atoms with Gasteiger partial charge in [-0.15, -0.1) is 16.7 Å². The molecule has 10 heteroatoms. The Labute approximate surface area is 194 Å². The van der Waals surface area contributed by atoms with E-state index >= 15 is 0 Å². The highest BCUT2D eigenvalue weighted by molar-refractivity contribution is 6.29. The molecule has 3 aromatic rings. The van der Waals surface area contributed by atoms with Crippen LogP contribution in [0.25, 0.3) is 5.65 Å². The van der Waals surface area contributed by atoms with E-state index in [2.05, 4.69) is 5.10 Å². The van der Waals surface area contributed by atoms with Gasteiger partial charge in [-0.25, -0.2) is 22.7 Å². The van der Waals surface area contributed by atoms with Crippen molar-refractivity contribution >= 4 is 28.8 Å². The van der Waals surface area contributed by atoms with Gasteiger partial charge in [-0.2, -0.15) is 0 Å². The minimum atomic E-state index is -1.20. The van der Waals surface area contributed by atoms with Gasteiger partial charge in [-0.05, 0) is 31.5 Å². The first kappa shape index (κ1) is 23.4. The van der Waals surface area contributed by atoms with Gasteiger partial charge >= 0.3 is 5.69 Å². The number of anilines is 1. The molecule has 0 unspecified atom stereocenters. The van der Waals surface area contributed by atoms with Crippen molar-refractivity contribution in [1.82, 2.24) is 14.2 Å². The molecule has 2 aromatic heterocycles. The predicted molar refractivity (Wildman–Crippen MR) is 121 cm³/mol. The molecular weight excluding hydrogens is 454 g/mol. The molecule has 0 atom stereocenters. The number of fused-ring (bicyclic) bond motifs is 3. The molecule has 7 nitrogen and oxygen atoms in total. The molecule has 1 amide bonds. The average molecular weight is 479 g/mol. The third-order valence-corrected chi connectivity index (χ3v) is 5.97. The number of carbonyl (C=O) groups excluding carboxylic acids is 1. The first-order valence-electron chi connectivity index (χ1n) is 10.5. The van der Waals surface area contributed by atoms with E-state index in [1.54, 1.807) is 19.9 Å². The third-order valence-electron chi connectivity index (χ3n) is 5.74. The van der Waals surface area contributed by atoms with Gasteiger partial charge in [0.1, 0.15) is 17.5 Å². The number of alkyl halides is 1. The van der Waals surface area contributed by atoms with E-state index in [-0.39, 0.29) is 30.3 Å². The Bertz CT molecular complexity index is 1320. The maximum atomic E-state index is 14.5. The summed E-state index contributed by atoms with van der Waals surface area (Å²) in [6.07, 6.45) is 0.0190. The molecule has 0 aliphatic carbocycles. The molecule has 0 spiro atoms. The predicted octanol–water partition coefficient (Wildman–Crippen LogP) is 3.00. The van der Waals surface area contributed by atoms with E-state index in [4.69, 9.17) is 11.6 Å². The van der Waals surface area contributed by atoms with E-state index in [9.17, 15) is 23.5 Å². The topological polar surface area (TPSA) is 79.8 Å². The molecule has 176 valence electrons. The fourth-order valence-corrected chi connectivity index (χ4v) is 4.55. The molecule has 0 radical (unpaired) electrons. The zero-order valence-corrected chi connectivity index (χ0v) is 19.6. The molecule has 0 saturated carbocycles. The van der Waals surface area contributed by atoms with Gasteiger partial charge in [-0.3, -0.25) is 4.79 Å². The van der Waals surface area contributed by atoms with E-state index in [0.29, 0.717) is 29.1 Å². The molecular formula is C23H25ClF2N4O3. The Hall–Kier alpha value is -2.78. The number of benzene rings is 1. The first-order valence-corrected chi connectivity index (χ1v) is 11.0. The summed E-state index contributed by atoms with van der Waals surface area (Å²) in [5.41, 5.74) is -0.192. The number of amides is 1. The molecule has 1 aromatic carbocycles. The van der Waals surface area contributed by atoms with Crippen LogP contribution in [0.5, 0.6) is 0 Å². The fourth-order valence-electron chi connectivity index (χ4n) is 4.40. The second-order valence-corrected chi connectivity index (χ2v) is 9.99. The summed E-state index contributed by atoms with van der Waals surface area (Å²) in [5.74, 6) is -1.97. The number of nitrogens with zero attached hydrogens (tertiary/aromatic N) is 4. The molecule has 33 heavy (non-hydrogen) atoms. The molecule has 1 aliphatic heterocycles. The number of carbonyl (C=O) groups is 1. The molecule has 4 rings (SSSR count). The van der Waals surface area contributed by atoms with Crippen LogP contribution >= 0.6 is 11.6 Å². The number of rotatable bonds is 5. The van der Waals surface area contributed by atoms with Crippen LogP contribution in [0.2, 0.25) is 0 Å². The van der Waals surface area contributed by atoms with Crippen molar-refractivity contribution in [3.05, 3.63) is 63.2 Å². The molecule has 1 N–H and O–H groups in total. The van der Waals surface area contributed by atoms with E-state index in [0.717, 1.165) is 12.1 Å². The monoisotopic (exact) mass is 478 g/mol. The first-order chi connectivity index (χ1) is 15.3. The molecule has 0 fully saturated rings. The van der Waals surface area contributed by atoms with Gasteiger partial charge < -0.3 is 10.0 Å². The maximum absolute atomic E-state index is 14.5. The van der Waals surface area contributed by atoms with Crippen molar-refractivity contribution in [2.24, 2.45) is 0 Å². The van der Waals surface area contributed by atoms with Crippen LogP contribution in [-0.4, -0.2) is 43.2 Å². The van der Waals surface area contributed by atoms with Crippen LogP contribution < -0.4 is 10.6 Å². The minimum absolute atomic E-state index is 0.0190. The number of hydrogen-bond acceptors (Lipinski definition) is 4. The summed E-state index contributed by atoms with van der Waals surface area (Å²) < 4.78 is 30.5. The zero-order valence-electron chi connectivity index (χ0n) is 18.8. The van der Waals surface area contributed by atoms with Gasteiger partial charge in [0.15, 0.2) is 5.65 Å². The highest BCUT2D eigenvalue weighted by atomic mass is 35.5. The minimum Gasteiger partial charge on any atom is -0.389 e. The van der Waals surface area contributed by atoms with Gasteiger partial charge in [-0.1, -0.05) is 19.9 Å². The summed E-state index contributed by atoms with van der Waals surface area (Å²) in [4.78, 5) is 27.5. The summed E-state index contributed by atoms with van der Waals surface area (Å²) in [5, 5.41) is 14.7. The smallest absolute Gasteiger partial charge is 0.350 e. The lowest BCUT2D eigenvalue weighted by Crippen LogP contribution is -2.35. The Kier molecular flexibility index (Phi) is 5.61. The van der Waals surface area contributed by atoms with Crippen LogP contribution in [0.4, 0.5) is 14.5 Å². The third kappa shape index (κ3) is 4.15. The Balaban J connectivity index is 2.01. The zero-order chi connectivity index (χ0) is 24.3. The van der Waals surface area contributed by atoms with Crippen molar-refractivity contribution in [1.29, 1.82) is 0 Å². The maximum Gasteiger partial charge on any atom is 0.350 e. The summed E-state index contributed by atoms with van der Waals surface area (Å²) in [6.45, 7) is 7.19. The summed E-state index contributed by atoms with van der Waals surface area (Å²) >= 11 is 5.83. The van der Waals surface area contributed by atoms with Gasteiger partial charge in [0, 0.05) is 30.0 Å². The second kappa shape index (κ2) is 7.92. The van der Waals surface area contributed by atoms with Crippen LogP contribution in [-0.2, 0) is 23.2 Å². The van der Waals surface area contributed by atoms with Crippen molar-refractivity contribution in [2.75, 3.05) is 17.3 Å². The number of halogens is 3. The quantitative estimate of drug-likeness (QED) is 0.572. The van der Waals surface area contributed by atoms with Crippen LogP contribution in [0.1, 0.15) is 44.5 Å². The summed E-state index contributed by atoms with van der Waals surface area (Å²) in [7, 11) is 0. The van der Waals surface area contributed by atoms with E-state index < -0.39 is 28.3 Å². The van der Waals surface area contributed by atoms with Crippen LogP contribution in [0.3, 0.4) is 0 Å². The number of pyridine rings is 1. The molecule has 0 saturated heterocycles. The largest absolute Gasteiger partial charge is 0.389 e. The number of hydrogen-bond donors (Lipinski definition) is 1. The lowest BCUT2D eigenvalue weighted by molar-refractivity contribution is -0.116. The van der Waals surface area contributed by atoms with Gasteiger partial charge in [0.2, 0.25) is 5.91 Å². The highest BCUT2D eigenvalue weighted by Gasteiger charge is 2.41. The normalized spacial score (nSPS) is 15.3. The summed E-state index contributed by atoms with van der Waals surface area (Å²) in [6, 6.07) is 5.01. The lowest BCUT2D eigenvalue weighted by atomic mass is 9.90. The Morgan fingerprint density at radius 3 is 2.55 bits per heavy atom. The van der Waals surface area contributed by atoms with Crippen LogP contribution in [0.15, 0.2) is 29.1 Å². The van der Waals surface area contributed by atoms with Crippen molar-refractivity contribution in [3.63, 3.8) is 0 Å². The Morgan fingerprint density at radius 2 is 1.94 bits per heavy atom. The number of aromatic nitrogens is 3.